The third-order valence-electron chi connectivity index (χ3n) is 11.0. The molecule has 0 N–H and O–H groups in total. The third kappa shape index (κ3) is 4.81. The van der Waals surface area contributed by atoms with E-state index in [2.05, 4.69) is 205 Å². The predicted molar refractivity (Wildman–Crippen MR) is 229 cm³/mol. The van der Waals surface area contributed by atoms with Gasteiger partial charge in [0, 0.05) is 32.8 Å². The summed E-state index contributed by atoms with van der Waals surface area (Å²) in [5, 5.41) is 11.9. The largest absolute Gasteiger partial charge is 0.455 e. The Morgan fingerprint density at radius 1 is 0.315 bits per heavy atom. The second-order valence-electron chi connectivity index (χ2n) is 14.1. The van der Waals surface area contributed by atoms with Crippen LogP contribution < -0.4 is 4.90 Å². The molecule has 0 unspecified atom stereocenters. The molecule has 0 atom stereocenters. The summed E-state index contributed by atoms with van der Waals surface area (Å²) in [5.74, 6) is 0. The summed E-state index contributed by atoms with van der Waals surface area (Å²) in [4.78, 5) is 2.46. The fourth-order valence-corrected chi connectivity index (χ4v) is 8.50. The van der Waals surface area contributed by atoms with Gasteiger partial charge in [-0.1, -0.05) is 158 Å². The molecule has 0 spiro atoms. The Labute approximate surface area is 312 Å². The number of anilines is 3. The van der Waals surface area contributed by atoms with E-state index in [1.165, 1.54) is 48.8 Å². The van der Waals surface area contributed by atoms with Gasteiger partial charge in [0.05, 0.1) is 11.4 Å². The Hall–Kier alpha value is -7.16. The maximum absolute atomic E-state index is 6.54. The van der Waals surface area contributed by atoms with E-state index in [-0.39, 0.29) is 0 Å². The van der Waals surface area contributed by atoms with Crippen LogP contribution in [0.3, 0.4) is 0 Å². The van der Waals surface area contributed by atoms with Crippen molar-refractivity contribution < 1.29 is 4.42 Å². The minimum atomic E-state index is 0.891. The smallest absolute Gasteiger partial charge is 0.143 e. The second kappa shape index (κ2) is 12.2. The molecule has 0 bridgehead atoms. The molecule has 0 fully saturated rings. The van der Waals surface area contributed by atoms with Gasteiger partial charge in [0.2, 0.25) is 0 Å². The average Bonchev–Trinajstić information content (AvgIpc) is 3.62. The Balaban J connectivity index is 1.17. The summed E-state index contributed by atoms with van der Waals surface area (Å²) in [6.07, 6.45) is 0. The maximum Gasteiger partial charge on any atom is 0.143 e. The van der Waals surface area contributed by atoms with E-state index in [0.29, 0.717) is 0 Å². The van der Waals surface area contributed by atoms with E-state index in [1.54, 1.807) is 0 Å². The van der Waals surface area contributed by atoms with Crippen LogP contribution in [0.2, 0.25) is 0 Å². The van der Waals surface area contributed by atoms with E-state index in [0.717, 1.165) is 55.5 Å². The van der Waals surface area contributed by atoms with Crippen molar-refractivity contribution in [1.29, 1.82) is 0 Å². The van der Waals surface area contributed by atoms with E-state index < -0.39 is 0 Å². The molecular formula is C52H33NO. The molecule has 2 nitrogen and oxygen atoms in total. The number of fused-ring (bicyclic) bond motifs is 9. The first-order chi connectivity index (χ1) is 26.8. The van der Waals surface area contributed by atoms with Crippen LogP contribution in [0.15, 0.2) is 205 Å². The highest BCUT2D eigenvalue weighted by Gasteiger charge is 2.22. The molecule has 0 aliphatic carbocycles. The lowest BCUT2D eigenvalue weighted by atomic mass is 9.95. The van der Waals surface area contributed by atoms with E-state index in [4.69, 9.17) is 4.42 Å². The van der Waals surface area contributed by atoms with Crippen molar-refractivity contribution in [3.8, 4) is 22.3 Å². The molecule has 0 saturated heterocycles. The van der Waals surface area contributed by atoms with Crippen LogP contribution in [0.4, 0.5) is 17.1 Å². The summed E-state index contributed by atoms with van der Waals surface area (Å²) >= 11 is 0. The summed E-state index contributed by atoms with van der Waals surface area (Å²) in [5.41, 5.74) is 9.82. The van der Waals surface area contributed by atoms with Crippen LogP contribution in [0.1, 0.15) is 0 Å². The van der Waals surface area contributed by atoms with Gasteiger partial charge < -0.3 is 9.32 Å². The van der Waals surface area contributed by atoms with Gasteiger partial charge in [-0.2, -0.15) is 0 Å². The van der Waals surface area contributed by atoms with Crippen molar-refractivity contribution in [3.05, 3.63) is 200 Å². The molecule has 2 heteroatoms. The lowest BCUT2D eigenvalue weighted by Crippen LogP contribution is -2.12. The fourth-order valence-electron chi connectivity index (χ4n) is 8.50. The lowest BCUT2D eigenvalue weighted by molar-refractivity contribution is 0.672. The topological polar surface area (TPSA) is 16.4 Å². The second-order valence-corrected chi connectivity index (χ2v) is 14.1. The van der Waals surface area contributed by atoms with Crippen molar-refractivity contribution in [1.82, 2.24) is 0 Å². The maximum atomic E-state index is 6.54. The van der Waals surface area contributed by atoms with Gasteiger partial charge >= 0.3 is 0 Å². The quantitative estimate of drug-likeness (QED) is 0.168. The number of furan rings is 1. The molecule has 11 aromatic rings. The first-order valence-corrected chi connectivity index (χ1v) is 18.5. The van der Waals surface area contributed by atoms with Gasteiger partial charge in [-0.3, -0.25) is 0 Å². The Bertz CT molecular complexity index is 3240. The normalized spacial score (nSPS) is 11.7. The highest BCUT2D eigenvalue weighted by Crippen LogP contribution is 2.47. The van der Waals surface area contributed by atoms with Crippen molar-refractivity contribution in [2.75, 3.05) is 4.90 Å². The molecule has 1 heterocycles. The highest BCUT2D eigenvalue weighted by molar-refractivity contribution is 6.17. The van der Waals surface area contributed by atoms with Crippen molar-refractivity contribution in [3.63, 3.8) is 0 Å². The van der Waals surface area contributed by atoms with Gasteiger partial charge in [0.25, 0.3) is 0 Å². The standard InChI is InChI=1S/C52H33NO/c1-4-19-40-34(13-1)16-12-25-41(40)36-17-11-18-39(31-36)53(50-33-37-15-3-5-20-42(37)45-23-7-8-24-46(45)50)49-26-10-9-21-43(49)38-28-30-51-48(32-38)47-29-27-35-14-2-6-22-44(35)52(47)54-51/h1-33H. The first kappa shape index (κ1) is 30.5. The summed E-state index contributed by atoms with van der Waals surface area (Å²) in [6.45, 7) is 0. The third-order valence-corrected chi connectivity index (χ3v) is 11.0. The van der Waals surface area contributed by atoms with Gasteiger partial charge in [0.1, 0.15) is 11.2 Å². The zero-order chi connectivity index (χ0) is 35.6. The van der Waals surface area contributed by atoms with Gasteiger partial charge in [0.15, 0.2) is 0 Å². The number of para-hydroxylation sites is 1. The summed E-state index contributed by atoms with van der Waals surface area (Å²) in [6, 6.07) is 72.4. The molecule has 11 rings (SSSR count). The Morgan fingerprint density at radius 3 is 1.81 bits per heavy atom. The molecule has 0 aliphatic rings. The molecule has 0 saturated carbocycles. The zero-order valence-electron chi connectivity index (χ0n) is 29.4. The minimum Gasteiger partial charge on any atom is -0.455 e. The molecule has 0 aliphatic heterocycles. The molecule has 0 amide bonds. The number of rotatable bonds is 5. The molecule has 1 aromatic heterocycles. The van der Waals surface area contributed by atoms with Crippen LogP contribution >= 0.6 is 0 Å². The summed E-state index contributed by atoms with van der Waals surface area (Å²) < 4.78 is 6.54. The predicted octanol–water partition coefficient (Wildman–Crippen LogP) is 15.0. The van der Waals surface area contributed by atoms with E-state index in [9.17, 15) is 0 Å². The van der Waals surface area contributed by atoms with Crippen LogP contribution in [0.25, 0.3) is 87.3 Å². The fraction of sp³-hybridized carbons (Fsp3) is 0. The van der Waals surface area contributed by atoms with E-state index in [1.807, 2.05) is 0 Å². The van der Waals surface area contributed by atoms with Gasteiger partial charge in [-0.25, -0.2) is 0 Å². The Kier molecular flexibility index (Phi) is 6.90. The van der Waals surface area contributed by atoms with Crippen LogP contribution in [-0.2, 0) is 0 Å². The minimum absolute atomic E-state index is 0.891. The SMILES string of the molecule is c1cc(-c2cccc3ccccc23)cc(N(c2ccccc2-c2ccc3oc4c5ccccc5ccc4c3c2)c2cc3ccccc3c3ccccc23)c1. The van der Waals surface area contributed by atoms with Gasteiger partial charge in [-0.15, -0.1) is 0 Å². The Morgan fingerprint density at radius 2 is 0.944 bits per heavy atom. The molecule has 252 valence electrons. The van der Waals surface area contributed by atoms with Crippen LogP contribution in [-0.4, -0.2) is 0 Å². The number of benzene rings is 10. The summed E-state index contributed by atoms with van der Waals surface area (Å²) in [7, 11) is 0. The van der Waals surface area contributed by atoms with Gasteiger partial charge in [-0.05, 0) is 91.5 Å². The average molecular weight is 688 g/mol. The first-order valence-electron chi connectivity index (χ1n) is 18.5. The molecule has 54 heavy (non-hydrogen) atoms. The zero-order valence-corrected chi connectivity index (χ0v) is 29.4. The van der Waals surface area contributed by atoms with E-state index >= 15 is 0 Å². The molecular weight excluding hydrogens is 655 g/mol. The lowest BCUT2D eigenvalue weighted by Gasteiger charge is -2.30. The molecule has 0 radical (unpaired) electrons. The van der Waals surface area contributed by atoms with Crippen LogP contribution in [0.5, 0.6) is 0 Å². The number of hydrogen-bond acceptors (Lipinski definition) is 2. The number of hydrogen-bond donors (Lipinski definition) is 0. The monoisotopic (exact) mass is 687 g/mol. The van der Waals surface area contributed by atoms with Crippen molar-refractivity contribution in [2.24, 2.45) is 0 Å². The van der Waals surface area contributed by atoms with Crippen molar-refractivity contribution >= 4 is 82.1 Å². The van der Waals surface area contributed by atoms with Crippen molar-refractivity contribution in [2.45, 2.75) is 0 Å². The molecule has 10 aromatic carbocycles. The highest BCUT2D eigenvalue weighted by atomic mass is 16.3. The number of nitrogens with zero attached hydrogens (tertiary/aromatic N) is 1. The van der Waals surface area contributed by atoms with Crippen LogP contribution in [0, 0.1) is 0 Å².